The summed E-state index contributed by atoms with van der Waals surface area (Å²) in [6.07, 6.45) is 4.49. The SMILES string of the molecule is Fc1cccc(-c2nc(-c3ccc4c(c3)ncn4CCN3CCCC3)no2)c1. The fourth-order valence-electron chi connectivity index (χ4n) is 3.72. The van der Waals surface area contributed by atoms with Crippen molar-refractivity contribution in [1.82, 2.24) is 24.6 Å². The molecule has 0 bridgehead atoms. The molecule has 0 unspecified atom stereocenters. The Morgan fingerprint density at radius 2 is 1.89 bits per heavy atom. The summed E-state index contributed by atoms with van der Waals surface area (Å²) in [6, 6.07) is 12.1. The number of halogens is 1. The second kappa shape index (κ2) is 7.16. The molecule has 0 saturated carbocycles. The van der Waals surface area contributed by atoms with Gasteiger partial charge in [0, 0.05) is 24.2 Å². The van der Waals surface area contributed by atoms with Gasteiger partial charge in [0.1, 0.15) is 5.82 Å². The highest BCUT2D eigenvalue weighted by molar-refractivity contribution is 5.80. The van der Waals surface area contributed by atoms with E-state index in [1.165, 1.54) is 38.1 Å². The van der Waals surface area contributed by atoms with Crippen LogP contribution in [-0.4, -0.2) is 44.2 Å². The van der Waals surface area contributed by atoms with Crippen LogP contribution in [0.15, 0.2) is 53.3 Å². The zero-order chi connectivity index (χ0) is 18.9. The number of aromatic nitrogens is 4. The first-order valence-electron chi connectivity index (χ1n) is 9.53. The summed E-state index contributed by atoms with van der Waals surface area (Å²) in [6.45, 7) is 4.38. The molecule has 0 spiro atoms. The van der Waals surface area contributed by atoms with Crippen molar-refractivity contribution < 1.29 is 8.91 Å². The summed E-state index contributed by atoms with van der Waals surface area (Å²) in [4.78, 5) is 11.4. The van der Waals surface area contributed by atoms with Gasteiger partial charge in [0.05, 0.1) is 17.4 Å². The minimum absolute atomic E-state index is 0.297. The van der Waals surface area contributed by atoms with Gasteiger partial charge >= 0.3 is 0 Å². The molecule has 0 radical (unpaired) electrons. The van der Waals surface area contributed by atoms with Crippen molar-refractivity contribution >= 4 is 11.0 Å². The maximum absolute atomic E-state index is 13.4. The lowest BCUT2D eigenvalue weighted by molar-refractivity contribution is 0.324. The highest BCUT2D eigenvalue weighted by atomic mass is 19.1. The van der Waals surface area contributed by atoms with E-state index in [0.29, 0.717) is 17.3 Å². The number of benzene rings is 2. The number of nitrogens with zero attached hydrogens (tertiary/aromatic N) is 5. The molecule has 3 heterocycles. The molecule has 0 aliphatic carbocycles. The summed E-state index contributed by atoms with van der Waals surface area (Å²) in [5.74, 6) is 0.427. The number of fused-ring (bicyclic) bond motifs is 1. The van der Waals surface area contributed by atoms with E-state index in [1.54, 1.807) is 12.1 Å². The van der Waals surface area contributed by atoms with Crippen molar-refractivity contribution in [3.8, 4) is 22.8 Å². The van der Waals surface area contributed by atoms with Crippen LogP contribution in [0.3, 0.4) is 0 Å². The van der Waals surface area contributed by atoms with E-state index >= 15 is 0 Å². The monoisotopic (exact) mass is 377 g/mol. The van der Waals surface area contributed by atoms with Crippen LogP contribution in [0.1, 0.15) is 12.8 Å². The van der Waals surface area contributed by atoms with E-state index in [0.717, 1.165) is 29.7 Å². The average Bonchev–Trinajstić information content (AvgIpc) is 3.46. The lowest BCUT2D eigenvalue weighted by Crippen LogP contribution is -2.23. The first-order valence-corrected chi connectivity index (χ1v) is 9.53. The zero-order valence-corrected chi connectivity index (χ0v) is 15.4. The highest BCUT2D eigenvalue weighted by Gasteiger charge is 2.14. The average molecular weight is 377 g/mol. The van der Waals surface area contributed by atoms with E-state index < -0.39 is 0 Å². The molecule has 0 amide bonds. The normalized spacial score (nSPS) is 14.9. The Morgan fingerprint density at radius 3 is 2.75 bits per heavy atom. The fraction of sp³-hybridized carbons (Fsp3) is 0.286. The van der Waals surface area contributed by atoms with Crippen LogP contribution in [0.25, 0.3) is 33.9 Å². The molecule has 2 aromatic carbocycles. The quantitative estimate of drug-likeness (QED) is 0.526. The molecule has 1 aliphatic rings. The first kappa shape index (κ1) is 17.1. The van der Waals surface area contributed by atoms with Gasteiger partial charge in [-0.25, -0.2) is 9.37 Å². The fourth-order valence-corrected chi connectivity index (χ4v) is 3.72. The second-order valence-electron chi connectivity index (χ2n) is 7.12. The largest absolute Gasteiger partial charge is 0.334 e. The smallest absolute Gasteiger partial charge is 0.258 e. The molecule has 0 N–H and O–H groups in total. The minimum Gasteiger partial charge on any atom is -0.334 e. The van der Waals surface area contributed by atoms with E-state index in [2.05, 4.69) is 24.6 Å². The Morgan fingerprint density at radius 1 is 1.00 bits per heavy atom. The molecule has 5 rings (SSSR count). The van der Waals surface area contributed by atoms with Gasteiger partial charge in [-0.05, 0) is 62.3 Å². The third-order valence-electron chi connectivity index (χ3n) is 5.23. The van der Waals surface area contributed by atoms with Gasteiger partial charge in [-0.2, -0.15) is 4.98 Å². The lowest BCUT2D eigenvalue weighted by atomic mass is 10.2. The maximum atomic E-state index is 13.4. The van der Waals surface area contributed by atoms with E-state index in [4.69, 9.17) is 4.52 Å². The first-order chi connectivity index (χ1) is 13.8. The number of imidazole rings is 1. The molecule has 142 valence electrons. The van der Waals surface area contributed by atoms with E-state index in [1.807, 2.05) is 24.5 Å². The van der Waals surface area contributed by atoms with Gasteiger partial charge in [0.2, 0.25) is 5.82 Å². The molecule has 1 saturated heterocycles. The molecule has 7 heteroatoms. The van der Waals surface area contributed by atoms with Crippen molar-refractivity contribution in [2.75, 3.05) is 19.6 Å². The van der Waals surface area contributed by atoms with Crippen LogP contribution in [0, 0.1) is 5.82 Å². The van der Waals surface area contributed by atoms with Crippen molar-refractivity contribution in [2.45, 2.75) is 19.4 Å². The zero-order valence-electron chi connectivity index (χ0n) is 15.4. The third kappa shape index (κ3) is 3.29. The molecule has 4 aromatic rings. The second-order valence-corrected chi connectivity index (χ2v) is 7.12. The molecule has 2 aromatic heterocycles. The Labute approximate surface area is 161 Å². The van der Waals surface area contributed by atoms with Crippen LogP contribution >= 0.6 is 0 Å². The lowest BCUT2D eigenvalue weighted by Gasteiger charge is -2.14. The van der Waals surface area contributed by atoms with Gasteiger partial charge in [0.25, 0.3) is 5.89 Å². The standard InChI is InChI=1S/C21H20FN5O/c22-17-5-3-4-16(12-17)21-24-20(25-28-21)15-6-7-19-18(13-15)23-14-27(19)11-10-26-8-1-2-9-26/h3-7,12-14H,1-2,8-11H2. The van der Waals surface area contributed by atoms with Gasteiger partial charge in [-0.3, -0.25) is 0 Å². The van der Waals surface area contributed by atoms with Crippen LogP contribution in [0.2, 0.25) is 0 Å². The van der Waals surface area contributed by atoms with Gasteiger partial charge in [-0.15, -0.1) is 0 Å². The van der Waals surface area contributed by atoms with Gasteiger partial charge < -0.3 is 14.0 Å². The van der Waals surface area contributed by atoms with Crippen molar-refractivity contribution in [1.29, 1.82) is 0 Å². The molecule has 28 heavy (non-hydrogen) atoms. The molecular weight excluding hydrogens is 357 g/mol. The maximum Gasteiger partial charge on any atom is 0.258 e. The van der Waals surface area contributed by atoms with Gasteiger partial charge in [0.15, 0.2) is 0 Å². The van der Waals surface area contributed by atoms with Gasteiger partial charge in [-0.1, -0.05) is 11.2 Å². The topological polar surface area (TPSA) is 60.0 Å². The van der Waals surface area contributed by atoms with E-state index in [9.17, 15) is 4.39 Å². The van der Waals surface area contributed by atoms with Crippen molar-refractivity contribution in [2.24, 2.45) is 0 Å². The summed E-state index contributed by atoms with van der Waals surface area (Å²) in [5, 5.41) is 4.04. The van der Waals surface area contributed by atoms with Crippen molar-refractivity contribution in [3.05, 3.63) is 54.6 Å². The summed E-state index contributed by atoms with van der Waals surface area (Å²) >= 11 is 0. The number of hydrogen-bond donors (Lipinski definition) is 0. The number of rotatable bonds is 5. The van der Waals surface area contributed by atoms with Crippen LogP contribution < -0.4 is 0 Å². The third-order valence-corrected chi connectivity index (χ3v) is 5.23. The molecule has 6 nitrogen and oxygen atoms in total. The molecule has 1 aliphatic heterocycles. The predicted molar refractivity (Wildman–Crippen MR) is 104 cm³/mol. The van der Waals surface area contributed by atoms with E-state index in [-0.39, 0.29) is 5.82 Å². The molecule has 1 fully saturated rings. The molecular formula is C21H20FN5O. The molecule has 0 atom stereocenters. The highest BCUT2D eigenvalue weighted by Crippen LogP contribution is 2.25. The van der Waals surface area contributed by atoms with Crippen molar-refractivity contribution in [3.63, 3.8) is 0 Å². The van der Waals surface area contributed by atoms with Crippen LogP contribution in [0.4, 0.5) is 4.39 Å². The summed E-state index contributed by atoms with van der Waals surface area (Å²) in [5.41, 5.74) is 3.38. The summed E-state index contributed by atoms with van der Waals surface area (Å²) in [7, 11) is 0. The Bertz CT molecular complexity index is 1110. The summed E-state index contributed by atoms with van der Waals surface area (Å²) < 4.78 is 20.9. The Hall–Kier alpha value is -3.06. The van der Waals surface area contributed by atoms with Crippen LogP contribution in [0.5, 0.6) is 0 Å². The Balaban J connectivity index is 1.38. The van der Waals surface area contributed by atoms with Crippen LogP contribution in [-0.2, 0) is 6.54 Å². The minimum atomic E-state index is -0.335. The number of hydrogen-bond acceptors (Lipinski definition) is 5. The predicted octanol–water partition coefficient (Wildman–Crippen LogP) is 3.99. The number of likely N-dealkylation sites (tertiary alicyclic amines) is 1. The Kier molecular flexibility index (Phi) is 4.37.